The predicted molar refractivity (Wildman–Crippen MR) is 213 cm³/mol. The number of fused-ring (bicyclic) bond motifs is 6. The number of aliphatic hydroxyl groups is 1. The van der Waals surface area contributed by atoms with Crippen LogP contribution in [0.15, 0.2) is 0 Å². The molecule has 1 aliphatic heterocycles. The van der Waals surface area contributed by atoms with Crippen LogP contribution in [0.25, 0.3) is 0 Å². The summed E-state index contributed by atoms with van der Waals surface area (Å²) in [7, 11) is 9.59. The number of aliphatic hydroxyl groups excluding tert-OH is 1. The van der Waals surface area contributed by atoms with E-state index in [4.69, 9.17) is 20.2 Å². The molecule has 6 aliphatic rings. The molecule has 7 nitrogen and oxygen atoms in total. The molecule has 1 saturated heterocycles. The van der Waals surface area contributed by atoms with Crippen LogP contribution in [-0.2, 0) is 13.1 Å². The summed E-state index contributed by atoms with van der Waals surface area (Å²) >= 11 is 0.00694. The average molecular weight is 797 g/mol. The molecule has 6 fully saturated rings. The first-order valence-corrected chi connectivity index (χ1v) is 24.9. The molecule has 299 valence electrons. The van der Waals surface area contributed by atoms with Crippen LogP contribution in [0.2, 0.25) is 0 Å². The van der Waals surface area contributed by atoms with Crippen molar-refractivity contribution in [3.05, 3.63) is 0 Å². The Morgan fingerprint density at radius 1 is 0.745 bits per heavy atom. The van der Waals surface area contributed by atoms with E-state index in [-0.39, 0.29) is 19.2 Å². The van der Waals surface area contributed by atoms with E-state index in [1.807, 2.05) is 0 Å². The van der Waals surface area contributed by atoms with Crippen LogP contribution in [0.1, 0.15) is 130 Å². The molecular formula is C41H78Cl2MnN6O. The van der Waals surface area contributed by atoms with Crippen molar-refractivity contribution in [2.24, 2.45) is 46.3 Å². The summed E-state index contributed by atoms with van der Waals surface area (Å²) in [5, 5.41) is 33.2. The summed E-state index contributed by atoms with van der Waals surface area (Å²) in [5.74, 6) is 5.38. The van der Waals surface area contributed by atoms with Gasteiger partial charge in [0.25, 0.3) is 0 Å². The van der Waals surface area contributed by atoms with Crippen molar-refractivity contribution < 1.29 is 18.2 Å². The maximum atomic E-state index is 10.4. The Bertz CT molecular complexity index is 986. The summed E-state index contributed by atoms with van der Waals surface area (Å²) < 4.78 is 0. The van der Waals surface area contributed by atoms with Gasteiger partial charge in [0.05, 0.1) is 6.10 Å². The third-order valence-corrected chi connectivity index (χ3v) is 15.6. The monoisotopic (exact) mass is 795 g/mol. The normalized spacial score (nSPS) is 41.6. The SMILES string of the molecule is C[C@H](CCCNCCC[C@H]1CN[C@@H]2CCCC[C@H]2NCCNCCNCCN1)[C@H]1CC[C@H]2[C@@H]3CC[C@@H]4C[C@H](O)CC[C@]4(C)[C@H]3CC[C@]12C.[Cl][Mn][Cl]. The first-order chi connectivity index (χ1) is 24.8. The molecule has 6 rings (SSSR count). The predicted octanol–water partition coefficient (Wildman–Crippen LogP) is 6.81. The molecular weight excluding hydrogens is 718 g/mol. The summed E-state index contributed by atoms with van der Waals surface area (Å²) in [5.41, 5.74) is 1.07. The fourth-order valence-electron chi connectivity index (χ4n) is 12.9. The Morgan fingerprint density at radius 2 is 1.39 bits per heavy atom. The number of hydrogen-bond donors (Lipinski definition) is 7. The van der Waals surface area contributed by atoms with Gasteiger partial charge in [-0.25, -0.2) is 0 Å². The quantitative estimate of drug-likeness (QED) is 0.102. The van der Waals surface area contributed by atoms with Crippen molar-refractivity contribution in [1.29, 1.82) is 0 Å². The van der Waals surface area contributed by atoms with Gasteiger partial charge in [0.15, 0.2) is 0 Å². The van der Waals surface area contributed by atoms with E-state index in [0.717, 1.165) is 101 Å². The Labute approximate surface area is 328 Å². The number of rotatable bonds is 9. The van der Waals surface area contributed by atoms with Gasteiger partial charge in [-0.05, 0) is 156 Å². The Morgan fingerprint density at radius 3 is 2.16 bits per heavy atom. The average Bonchev–Trinajstić information content (AvgIpc) is 3.48. The molecule has 0 unspecified atom stereocenters. The molecule has 1 heterocycles. The van der Waals surface area contributed by atoms with Gasteiger partial charge >= 0.3 is 33.3 Å². The summed E-state index contributed by atoms with van der Waals surface area (Å²) in [6, 6.07) is 1.79. The van der Waals surface area contributed by atoms with E-state index in [1.165, 1.54) is 103 Å². The molecule has 0 amide bonds. The van der Waals surface area contributed by atoms with Crippen molar-refractivity contribution in [2.45, 2.75) is 154 Å². The van der Waals surface area contributed by atoms with E-state index >= 15 is 0 Å². The Balaban J connectivity index is 0.00000162. The van der Waals surface area contributed by atoms with Gasteiger partial charge in [-0.3, -0.25) is 0 Å². The molecule has 0 bridgehead atoms. The zero-order valence-electron chi connectivity index (χ0n) is 32.7. The van der Waals surface area contributed by atoms with Crippen molar-refractivity contribution >= 4 is 20.2 Å². The fraction of sp³-hybridized carbons (Fsp3) is 1.00. The van der Waals surface area contributed by atoms with Gasteiger partial charge in [0.1, 0.15) is 0 Å². The van der Waals surface area contributed by atoms with Crippen LogP contribution >= 0.6 is 20.2 Å². The molecule has 10 heteroatoms. The van der Waals surface area contributed by atoms with Gasteiger partial charge in [-0.2, -0.15) is 0 Å². The van der Waals surface area contributed by atoms with Crippen molar-refractivity contribution in [1.82, 2.24) is 31.9 Å². The molecule has 12 atom stereocenters. The molecule has 5 saturated carbocycles. The number of nitrogens with one attached hydrogen (secondary N) is 6. The van der Waals surface area contributed by atoms with Crippen LogP contribution in [0.4, 0.5) is 0 Å². The topological polar surface area (TPSA) is 92.4 Å². The van der Waals surface area contributed by atoms with E-state index in [1.54, 1.807) is 0 Å². The molecule has 0 aromatic rings. The Kier molecular flexibility index (Phi) is 18.5. The zero-order chi connectivity index (χ0) is 36.1. The fourth-order valence-corrected chi connectivity index (χ4v) is 12.9. The summed E-state index contributed by atoms with van der Waals surface area (Å²) in [4.78, 5) is 0. The minimum atomic E-state index is -0.0266. The van der Waals surface area contributed by atoms with Crippen molar-refractivity contribution in [2.75, 3.05) is 58.9 Å². The molecule has 51 heavy (non-hydrogen) atoms. The summed E-state index contributed by atoms with van der Waals surface area (Å²) in [6.07, 6.45) is 22.7. The molecule has 5 aliphatic carbocycles. The van der Waals surface area contributed by atoms with Crippen LogP contribution in [0.5, 0.6) is 0 Å². The van der Waals surface area contributed by atoms with Crippen LogP contribution in [0.3, 0.4) is 0 Å². The molecule has 0 radical (unpaired) electrons. The number of hydrogen-bond acceptors (Lipinski definition) is 7. The van der Waals surface area contributed by atoms with Gasteiger partial charge < -0.3 is 37.0 Å². The first kappa shape index (κ1) is 43.0. The van der Waals surface area contributed by atoms with Crippen LogP contribution in [-0.4, -0.2) is 88.2 Å². The second kappa shape index (κ2) is 21.9. The maximum absolute atomic E-state index is 10.4. The third kappa shape index (κ3) is 11.7. The standard InChI is InChI=1S/C41H78N6O.2ClH.Mn/c1-30(35-14-15-36-34-13-12-31-28-33(48)16-18-40(31,2)37(34)17-19-41(35,36)3)8-6-20-42-21-7-9-32-29-47-39-11-5-4-10-38(39)46-27-25-44-23-22-43-24-26-45-32;;;/h30-39,42-48H,4-29H2,1-3H3;2*1H;/q;;;+2/p-2/t30-,31-,32+,33-,34+,35-,36+,37+,38-,39-,40+,41-;;;/m1.../s1. The third-order valence-electron chi connectivity index (χ3n) is 15.6. The number of halogens is 2. The molecule has 0 aromatic carbocycles. The van der Waals surface area contributed by atoms with E-state index < -0.39 is 0 Å². The van der Waals surface area contributed by atoms with Gasteiger partial charge in [0, 0.05) is 63.9 Å². The van der Waals surface area contributed by atoms with Crippen molar-refractivity contribution in [3.63, 3.8) is 0 Å². The van der Waals surface area contributed by atoms with Crippen molar-refractivity contribution in [3.8, 4) is 0 Å². The van der Waals surface area contributed by atoms with E-state index in [0.29, 0.717) is 29.0 Å². The van der Waals surface area contributed by atoms with E-state index in [9.17, 15) is 5.11 Å². The van der Waals surface area contributed by atoms with E-state index in [2.05, 4.69) is 52.7 Å². The second-order valence-corrected chi connectivity index (χ2v) is 20.3. The van der Waals surface area contributed by atoms with Crippen LogP contribution < -0.4 is 31.9 Å². The van der Waals surface area contributed by atoms with Crippen LogP contribution in [0, 0.1) is 46.3 Å². The zero-order valence-corrected chi connectivity index (χ0v) is 35.4. The minimum absolute atomic E-state index is 0.00694. The summed E-state index contributed by atoms with van der Waals surface area (Å²) in [6.45, 7) is 17.7. The van der Waals surface area contributed by atoms with Gasteiger partial charge in [-0.15, -0.1) is 0 Å². The molecule has 0 spiro atoms. The first-order valence-electron chi connectivity index (χ1n) is 21.7. The molecule has 0 aromatic heterocycles. The van der Waals surface area contributed by atoms with Gasteiger partial charge in [0.2, 0.25) is 0 Å². The Hall–Kier alpha value is 0.819. The second-order valence-electron chi connectivity index (χ2n) is 18.4. The molecule has 7 N–H and O–H groups in total. The van der Waals surface area contributed by atoms with Gasteiger partial charge in [-0.1, -0.05) is 33.6 Å².